The lowest BCUT2D eigenvalue weighted by molar-refractivity contribution is 0.473. The Hall–Kier alpha value is -0.700. The van der Waals surface area contributed by atoms with Crippen molar-refractivity contribution in [3.8, 4) is 0 Å². The summed E-state index contributed by atoms with van der Waals surface area (Å²) in [7, 11) is 0. The van der Waals surface area contributed by atoms with Gasteiger partial charge in [-0.2, -0.15) is 0 Å². The molecule has 0 aromatic heterocycles. The van der Waals surface area contributed by atoms with Crippen molar-refractivity contribution in [1.82, 2.24) is 0 Å². The van der Waals surface area contributed by atoms with Crippen LogP contribution in [0.2, 0.25) is 5.02 Å². The lowest BCUT2D eigenvalue weighted by atomic mass is 10.2. The van der Waals surface area contributed by atoms with Gasteiger partial charge in [-0.15, -0.1) is 0 Å². The van der Waals surface area contributed by atoms with Crippen LogP contribution in [0.5, 0.6) is 0 Å². The molecule has 0 aliphatic carbocycles. The van der Waals surface area contributed by atoms with Gasteiger partial charge in [-0.1, -0.05) is 17.7 Å². The van der Waals surface area contributed by atoms with Gasteiger partial charge in [0, 0.05) is 5.56 Å². The van der Waals surface area contributed by atoms with Gasteiger partial charge in [0.2, 0.25) is 0 Å². The molecule has 0 fully saturated rings. The van der Waals surface area contributed by atoms with Gasteiger partial charge >= 0.3 is 0 Å². The van der Waals surface area contributed by atoms with Crippen molar-refractivity contribution in [2.45, 2.75) is 6.67 Å². The first-order valence-corrected chi connectivity index (χ1v) is 3.23. The zero-order valence-electron chi connectivity index (χ0n) is 5.37. The molecule has 0 saturated heterocycles. The van der Waals surface area contributed by atoms with Gasteiger partial charge in [0.25, 0.3) is 0 Å². The van der Waals surface area contributed by atoms with Crippen LogP contribution < -0.4 is 0 Å². The van der Waals surface area contributed by atoms with Gasteiger partial charge in [-0.3, -0.25) is 0 Å². The number of hydrogen-bond acceptors (Lipinski definition) is 0. The maximum atomic E-state index is 12.5. The maximum Gasteiger partial charge on any atom is 0.177 e. The summed E-state index contributed by atoms with van der Waals surface area (Å²) in [5.41, 5.74) is -0.0365. The van der Waals surface area contributed by atoms with Crippen LogP contribution in [0, 0.1) is 11.6 Å². The van der Waals surface area contributed by atoms with Crippen LogP contribution in [0.1, 0.15) is 5.56 Å². The lowest BCUT2D eigenvalue weighted by Gasteiger charge is -1.99. The molecule has 60 valence electrons. The molecule has 0 N–H and O–H groups in total. The van der Waals surface area contributed by atoms with E-state index in [1.807, 2.05) is 0 Å². The first kappa shape index (κ1) is 8.40. The fourth-order valence-corrected chi connectivity index (χ4v) is 0.873. The summed E-state index contributed by atoms with van der Waals surface area (Å²) < 4.78 is 36.7. The highest BCUT2D eigenvalue weighted by molar-refractivity contribution is 6.31. The summed E-state index contributed by atoms with van der Waals surface area (Å²) in [5.74, 6) is -2.26. The van der Waals surface area contributed by atoms with E-state index in [1.54, 1.807) is 0 Å². The summed E-state index contributed by atoms with van der Waals surface area (Å²) in [6.45, 7) is -0.893. The second kappa shape index (κ2) is 3.13. The Balaban J connectivity index is 3.25. The average molecular weight is 181 g/mol. The van der Waals surface area contributed by atoms with Gasteiger partial charge < -0.3 is 0 Å². The monoisotopic (exact) mass is 180 g/mol. The average Bonchev–Trinajstić information content (AvgIpc) is 2.01. The Morgan fingerprint density at radius 2 is 1.91 bits per heavy atom. The summed E-state index contributed by atoms with van der Waals surface area (Å²) in [6, 6.07) is 1.96. The van der Waals surface area contributed by atoms with E-state index < -0.39 is 23.3 Å². The molecule has 0 bridgehead atoms. The molecule has 1 rings (SSSR count). The molecule has 0 saturated carbocycles. The molecule has 11 heavy (non-hydrogen) atoms. The van der Waals surface area contributed by atoms with Crippen molar-refractivity contribution < 1.29 is 13.2 Å². The van der Waals surface area contributed by atoms with Gasteiger partial charge in [-0.25, -0.2) is 13.2 Å². The summed E-state index contributed by atoms with van der Waals surface area (Å²) in [4.78, 5) is 0. The smallest absolute Gasteiger partial charge is 0.177 e. The fourth-order valence-electron chi connectivity index (χ4n) is 0.669. The molecule has 0 aliphatic heterocycles. The van der Waals surface area contributed by atoms with E-state index in [0.717, 1.165) is 12.1 Å². The molecule has 0 atom stereocenters. The second-order valence-corrected chi connectivity index (χ2v) is 2.35. The first-order valence-electron chi connectivity index (χ1n) is 2.85. The second-order valence-electron chi connectivity index (χ2n) is 1.97. The molecule has 1 aromatic rings. The molecule has 0 aliphatic rings. The van der Waals surface area contributed by atoms with Crippen LogP contribution in [0.4, 0.5) is 13.2 Å². The predicted molar refractivity (Wildman–Crippen MR) is 36.2 cm³/mol. The van der Waals surface area contributed by atoms with Crippen LogP contribution in [-0.2, 0) is 6.67 Å². The third-order valence-corrected chi connectivity index (χ3v) is 1.67. The van der Waals surface area contributed by atoms with Gasteiger partial charge in [-0.05, 0) is 6.07 Å². The minimum atomic E-state index is -1.19. The van der Waals surface area contributed by atoms with Crippen molar-refractivity contribution in [2.75, 3.05) is 0 Å². The minimum Gasteiger partial charge on any atom is -0.246 e. The van der Waals surface area contributed by atoms with E-state index in [-0.39, 0.29) is 5.56 Å². The zero-order chi connectivity index (χ0) is 8.43. The fraction of sp³-hybridized carbons (Fsp3) is 0.143. The molecule has 1 aromatic carbocycles. The number of hydrogen-bond donors (Lipinski definition) is 0. The lowest BCUT2D eigenvalue weighted by Crippen LogP contribution is -1.89. The third kappa shape index (κ3) is 1.48. The number of alkyl halides is 1. The minimum absolute atomic E-state index is 0.0365. The zero-order valence-corrected chi connectivity index (χ0v) is 6.13. The Bertz CT molecular complexity index is 273. The number of rotatable bonds is 1. The van der Waals surface area contributed by atoms with Gasteiger partial charge in [0.05, 0.1) is 5.02 Å². The van der Waals surface area contributed by atoms with E-state index in [4.69, 9.17) is 11.6 Å². The van der Waals surface area contributed by atoms with Crippen molar-refractivity contribution >= 4 is 11.6 Å². The standard InChI is InChI=1S/C7H4ClF3/c8-6-4(3-9)1-2-5(10)7(6)11/h1-2H,3H2. The van der Waals surface area contributed by atoms with E-state index in [2.05, 4.69) is 0 Å². The molecule has 0 spiro atoms. The van der Waals surface area contributed by atoms with Crippen LogP contribution >= 0.6 is 11.6 Å². The quantitative estimate of drug-likeness (QED) is 0.583. The van der Waals surface area contributed by atoms with Crippen LogP contribution in [-0.4, -0.2) is 0 Å². The molecular formula is C7H4ClF3. The van der Waals surface area contributed by atoms with Crippen molar-refractivity contribution in [1.29, 1.82) is 0 Å². The predicted octanol–water partition coefficient (Wildman–Crippen LogP) is 3.09. The molecular weight excluding hydrogens is 177 g/mol. The Morgan fingerprint density at radius 1 is 1.27 bits per heavy atom. The van der Waals surface area contributed by atoms with E-state index in [9.17, 15) is 13.2 Å². The molecule has 0 heterocycles. The molecule has 0 radical (unpaired) electrons. The van der Waals surface area contributed by atoms with E-state index >= 15 is 0 Å². The highest BCUT2D eigenvalue weighted by Gasteiger charge is 2.10. The Kier molecular flexibility index (Phi) is 2.39. The highest BCUT2D eigenvalue weighted by atomic mass is 35.5. The largest absolute Gasteiger partial charge is 0.246 e. The maximum absolute atomic E-state index is 12.5. The van der Waals surface area contributed by atoms with Gasteiger partial charge in [0.15, 0.2) is 11.6 Å². The van der Waals surface area contributed by atoms with E-state index in [1.165, 1.54) is 0 Å². The molecule has 0 unspecified atom stereocenters. The van der Waals surface area contributed by atoms with Crippen LogP contribution in [0.15, 0.2) is 12.1 Å². The van der Waals surface area contributed by atoms with Gasteiger partial charge in [0.1, 0.15) is 6.67 Å². The van der Waals surface area contributed by atoms with Crippen molar-refractivity contribution in [3.63, 3.8) is 0 Å². The number of benzene rings is 1. The van der Waals surface area contributed by atoms with Crippen LogP contribution in [0.25, 0.3) is 0 Å². The first-order chi connectivity index (χ1) is 5.16. The van der Waals surface area contributed by atoms with Crippen molar-refractivity contribution in [2.24, 2.45) is 0 Å². The Morgan fingerprint density at radius 3 is 2.45 bits per heavy atom. The molecule has 0 nitrogen and oxygen atoms in total. The summed E-state index contributed by atoms with van der Waals surface area (Å²) in [6.07, 6.45) is 0. The number of halogens is 4. The Labute approximate surface area is 66.6 Å². The topological polar surface area (TPSA) is 0 Å². The SMILES string of the molecule is FCc1ccc(F)c(F)c1Cl. The van der Waals surface area contributed by atoms with Crippen LogP contribution in [0.3, 0.4) is 0 Å². The third-order valence-electron chi connectivity index (χ3n) is 1.26. The van der Waals surface area contributed by atoms with Crippen molar-refractivity contribution in [3.05, 3.63) is 34.4 Å². The summed E-state index contributed by atoms with van der Waals surface area (Å²) >= 11 is 5.24. The molecule has 4 heteroatoms. The van der Waals surface area contributed by atoms with E-state index in [0.29, 0.717) is 0 Å². The summed E-state index contributed by atoms with van der Waals surface area (Å²) in [5, 5.41) is -0.479. The molecule has 0 amide bonds. The highest BCUT2D eigenvalue weighted by Crippen LogP contribution is 2.22. The normalized spacial score (nSPS) is 10.2.